The minimum absolute atomic E-state index is 1.08. The third-order valence-electron chi connectivity index (χ3n) is 1.88. The van der Waals surface area contributed by atoms with Crippen LogP contribution in [0, 0.1) is 10.8 Å². The fourth-order valence-corrected chi connectivity index (χ4v) is 1.23. The van der Waals surface area contributed by atoms with Crippen LogP contribution in [0.1, 0.15) is 26.7 Å². The number of hydrogen-bond donors (Lipinski definition) is 3. The van der Waals surface area contributed by atoms with Gasteiger partial charge in [-0.05, 0) is 24.5 Å². The molecule has 1 aliphatic rings. The predicted molar refractivity (Wildman–Crippen MR) is 59.5 cm³/mol. The normalized spacial score (nSPS) is 13.6. The van der Waals surface area contributed by atoms with Crippen molar-refractivity contribution in [2.24, 2.45) is 0 Å². The van der Waals surface area contributed by atoms with Gasteiger partial charge in [0.2, 0.25) is 0 Å². The molecule has 0 radical (unpaired) electrons. The maximum absolute atomic E-state index is 5.62. The van der Waals surface area contributed by atoms with Crippen molar-refractivity contribution in [3.05, 3.63) is 35.7 Å². The quantitative estimate of drug-likeness (QED) is 0.577. The minimum atomic E-state index is 1.08. The first-order chi connectivity index (χ1) is 6.79. The van der Waals surface area contributed by atoms with Gasteiger partial charge < -0.3 is 5.32 Å². The van der Waals surface area contributed by atoms with Crippen LogP contribution in [0.4, 0.5) is 0 Å². The molecule has 76 valence electrons. The molecule has 0 saturated carbocycles. The van der Waals surface area contributed by atoms with E-state index < -0.39 is 0 Å². The lowest BCUT2D eigenvalue weighted by Gasteiger charge is -2.07. The Hall–Kier alpha value is -1.60. The standard InChI is InChI=1S/C10H15N.CH2N2/c1-3-9-7-5-6-8-11-10(9)4-2;2-1-3/h5-8,11H,3-4H2,1-2H3;2-3H. The van der Waals surface area contributed by atoms with E-state index in [2.05, 4.69) is 31.3 Å². The number of hydrogen-bond acceptors (Lipinski definition) is 3. The maximum atomic E-state index is 5.62. The highest BCUT2D eigenvalue weighted by Gasteiger charge is 1.99. The van der Waals surface area contributed by atoms with Gasteiger partial charge in [-0.1, -0.05) is 26.0 Å². The number of allylic oxidation sites excluding steroid dienone is 5. The van der Waals surface area contributed by atoms with Gasteiger partial charge in [0.25, 0.3) is 0 Å². The summed E-state index contributed by atoms with van der Waals surface area (Å²) in [5, 5.41) is 14.5. The molecule has 1 heterocycles. The molecule has 0 aromatic carbocycles. The Morgan fingerprint density at radius 2 is 1.86 bits per heavy atom. The van der Waals surface area contributed by atoms with Gasteiger partial charge >= 0.3 is 0 Å². The molecule has 1 aliphatic heterocycles. The summed E-state index contributed by atoms with van der Waals surface area (Å²) in [6.45, 7) is 4.35. The summed E-state index contributed by atoms with van der Waals surface area (Å²) in [7, 11) is 0. The molecular weight excluding hydrogens is 174 g/mol. The van der Waals surface area contributed by atoms with E-state index in [0.29, 0.717) is 0 Å². The molecule has 0 aromatic heterocycles. The molecule has 0 amide bonds. The Balaban J connectivity index is 0.000000500. The molecule has 0 unspecified atom stereocenters. The van der Waals surface area contributed by atoms with E-state index in [4.69, 9.17) is 10.8 Å². The lowest BCUT2D eigenvalue weighted by Crippen LogP contribution is -2.05. The topological polar surface area (TPSA) is 59.7 Å². The zero-order valence-electron chi connectivity index (χ0n) is 8.72. The highest BCUT2D eigenvalue weighted by Crippen LogP contribution is 2.13. The second-order valence-corrected chi connectivity index (χ2v) is 2.70. The van der Waals surface area contributed by atoms with E-state index >= 15 is 0 Å². The van der Waals surface area contributed by atoms with Crippen LogP contribution in [0.5, 0.6) is 0 Å². The van der Waals surface area contributed by atoms with Crippen molar-refractivity contribution in [1.29, 1.82) is 10.8 Å². The van der Waals surface area contributed by atoms with Gasteiger partial charge in [-0.2, -0.15) is 0 Å². The Bertz CT molecular complexity index is 279. The third-order valence-corrected chi connectivity index (χ3v) is 1.88. The molecule has 0 bridgehead atoms. The predicted octanol–water partition coefficient (Wildman–Crippen LogP) is 3.05. The van der Waals surface area contributed by atoms with Gasteiger partial charge in [-0.15, -0.1) is 0 Å². The van der Waals surface area contributed by atoms with Gasteiger partial charge in [0.05, 0.1) is 6.01 Å². The van der Waals surface area contributed by atoms with E-state index in [0.717, 1.165) is 12.8 Å². The smallest absolute Gasteiger partial charge is 0.0831 e. The fourth-order valence-electron chi connectivity index (χ4n) is 1.23. The first-order valence-electron chi connectivity index (χ1n) is 4.70. The van der Waals surface area contributed by atoms with Crippen molar-refractivity contribution >= 4 is 6.01 Å². The van der Waals surface area contributed by atoms with Crippen LogP contribution < -0.4 is 5.32 Å². The molecule has 1 rings (SSSR count). The van der Waals surface area contributed by atoms with E-state index in [9.17, 15) is 0 Å². The lowest BCUT2D eigenvalue weighted by atomic mass is 10.1. The fraction of sp³-hybridized carbons (Fsp3) is 0.364. The van der Waals surface area contributed by atoms with Gasteiger partial charge in [0.15, 0.2) is 0 Å². The average Bonchev–Trinajstić information content (AvgIpc) is 2.42. The molecule has 14 heavy (non-hydrogen) atoms. The number of rotatable bonds is 2. The maximum Gasteiger partial charge on any atom is 0.0831 e. The van der Waals surface area contributed by atoms with Crippen molar-refractivity contribution in [3.63, 3.8) is 0 Å². The summed E-state index contributed by atoms with van der Waals surface area (Å²) in [5.74, 6) is 0. The molecule has 0 fully saturated rings. The lowest BCUT2D eigenvalue weighted by molar-refractivity contribution is 0.904. The van der Waals surface area contributed by atoms with Crippen LogP contribution in [0.25, 0.3) is 0 Å². The molecule has 0 saturated heterocycles. The molecule has 3 N–H and O–H groups in total. The summed E-state index contributed by atoms with van der Waals surface area (Å²) in [5.41, 5.74) is 2.76. The van der Waals surface area contributed by atoms with Crippen molar-refractivity contribution in [2.45, 2.75) is 26.7 Å². The minimum Gasteiger partial charge on any atom is -0.365 e. The summed E-state index contributed by atoms with van der Waals surface area (Å²) in [4.78, 5) is 0. The first kappa shape index (κ1) is 12.4. The van der Waals surface area contributed by atoms with Crippen molar-refractivity contribution in [1.82, 2.24) is 5.32 Å². The summed E-state index contributed by atoms with van der Waals surface area (Å²) >= 11 is 0. The molecule has 0 aromatic rings. The second kappa shape index (κ2) is 8.02. The van der Waals surface area contributed by atoms with Gasteiger partial charge in [-0.3, -0.25) is 0 Å². The average molecular weight is 191 g/mol. The van der Waals surface area contributed by atoms with Crippen LogP contribution in [-0.2, 0) is 0 Å². The largest absolute Gasteiger partial charge is 0.365 e. The molecule has 0 aliphatic carbocycles. The third kappa shape index (κ3) is 4.43. The summed E-state index contributed by atoms with van der Waals surface area (Å²) in [6.07, 6.45) is 10.5. The van der Waals surface area contributed by atoms with E-state index in [1.54, 1.807) is 0 Å². The van der Waals surface area contributed by atoms with Crippen LogP contribution >= 0.6 is 0 Å². The zero-order chi connectivity index (χ0) is 10.8. The Morgan fingerprint density at radius 3 is 2.36 bits per heavy atom. The number of nitrogens with one attached hydrogen (secondary N) is 3. The SMILES string of the molecule is CCC1=C(CC)NC=CC=C1.N=C=N. The van der Waals surface area contributed by atoms with Crippen molar-refractivity contribution in [3.8, 4) is 0 Å². The van der Waals surface area contributed by atoms with Gasteiger partial charge in [0.1, 0.15) is 0 Å². The van der Waals surface area contributed by atoms with Crippen LogP contribution in [0.2, 0.25) is 0 Å². The molecular formula is C11H17N3. The Morgan fingerprint density at radius 1 is 1.21 bits per heavy atom. The second-order valence-electron chi connectivity index (χ2n) is 2.70. The molecule has 0 atom stereocenters. The van der Waals surface area contributed by atoms with Crippen LogP contribution in [-0.4, -0.2) is 6.01 Å². The van der Waals surface area contributed by atoms with Crippen LogP contribution in [0.15, 0.2) is 35.7 Å². The van der Waals surface area contributed by atoms with Crippen molar-refractivity contribution in [2.75, 3.05) is 0 Å². The zero-order valence-corrected chi connectivity index (χ0v) is 8.72. The van der Waals surface area contributed by atoms with Gasteiger partial charge in [-0.25, -0.2) is 10.8 Å². The highest BCUT2D eigenvalue weighted by atomic mass is 14.8. The van der Waals surface area contributed by atoms with Gasteiger partial charge in [0, 0.05) is 11.9 Å². The molecule has 3 heteroatoms. The Kier molecular flexibility index (Phi) is 7.10. The molecule has 0 spiro atoms. The highest BCUT2D eigenvalue weighted by molar-refractivity contribution is 5.30. The van der Waals surface area contributed by atoms with Crippen molar-refractivity contribution < 1.29 is 0 Å². The van der Waals surface area contributed by atoms with E-state index in [-0.39, 0.29) is 0 Å². The van der Waals surface area contributed by atoms with E-state index in [1.807, 2.05) is 12.3 Å². The van der Waals surface area contributed by atoms with E-state index in [1.165, 1.54) is 17.3 Å². The monoisotopic (exact) mass is 191 g/mol. The van der Waals surface area contributed by atoms with Crippen LogP contribution in [0.3, 0.4) is 0 Å². The first-order valence-corrected chi connectivity index (χ1v) is 4.70. The molecule has 3 nitrogen and oxygen atoms in total. The summed E-state index contributed by atoms with van der Waals surface area (Å²) in [6, 6.07) is 1.25. The Labute approximate surface area is 85.2 Å². The summed E-state index contributed by atoms with van der Waals surface area (Å²) < 4.78 is 0.